The number of esters is 4. The Bertz CT molecular complexity index is 1920. The topological polar surface area (TPSA) is 159 Å². The van der Waals surface area contributed by atoms with Crippen molar-refractivity contribution in [3.8, 4) is 11.4 Å². The summed E-state index contributed by atoms with van der Waals surface area (Å²) in [6.07, 6.45) is 1.49. The number of carbonyl (C=O) groups is 4. The van der Waals surface area contributed by atoms with Crippen LogP contribution in [0.2, 0.25) is 0 Å². The lowest BCUT2D eigenvalue weighted by molar-refractivity contribution is -0.200. The van der Waals surface area contributed by atoms with Gasteiger partial charge in [0.25, 0.3) is 5.56 Å². The molecule has 49 heavy (non-hydrogen) atoms. The number of ether oxygens (including phenoxy) is 6. The second-order valence-corrected chi connectivity index (χ2v) is 12.7. The number of nitrogens with zero attached hydrogens (tertiary/aromatic N) is 2. The number of aromatic nitrogens is 2. The van der Waals surface area contributed by atoms with Crippen molar-refractivity contribution in [3.63, 3.8) is 0 Å². The first kappa shape index (κ1) is 34.5. The molecule has 5 heterocycles. The van der Waals surface area contributed by atoms with Gasteiger partial charge in [0.15, 0.2) is 6.29 Å². The van der Waals surface area contributed by atoms with Crippen molar-refractivity contribution in [2.45, 2.75) is 83.9 Å². The third kappa shape index (κ3) is 6.64. The van der Waals surface area contributed by atoms with E-state index >= 15 is 0 Å². The minimum absolute atomic E-state index is 0.0486. The fraction of sp³-hybridized carbons (Fsp3) is 0.429. The maximum atomic E-state index is 14.1. The van der Waals surface area contributed by atoms with Crippen LogP contribution in [0.1, 0.15) is 62.3 Å². The van der Waals surface area contributed by atoms with Crippen molar-refractivity contribution >= 4 is 50.7 Å². The van der Waals surface area contributed by atoms with Crippen molar-refractivity contribution in [2.75, 3.05) is 11.9 Å². The Labute approximate surface area is 289 Å². The van der Waals surface area contributed by atoms with E-state index < -0.39 is 48.0 Å². The Hall–Kier alpha value is -4.40. The summed E-state index contributed by atoms with van der Waals surface area (Å²) in [4.78, 5) is 68.3. The Morgan fingerprint density at radius 3 is 2.63 bits per heavy atom. The predicted molar refractivity (Wildman–Crippen MR) is 176 cm³/mol. The maximum absolute atomic E-state index is 14.1. The van der Waals surface area contributed by atoms with Gasteiger partial charge in [-0.1, -0.05) is 41.1 Å². The number of carbonyl (C=O) groups excluding carboxylic acids is 4. The van der Waals surface area contributed by atoms with Crippen molar-refractivity contribution < 1.29 is 47.6 Å². The number of cyclic esters (lactones) is 1. The highest BCUT2D eigenvalue weighted by molar-refractivity contribution is 9.09. The van der Waals surface area contributed by atoms with Gasteiger partial charge in [-0.15, -0.1) is 0 Å². The van der Waals surface area contributed by atoms with Crippen LogP contribution < -0.4 is 5.56 Å². The Morgan fingerprint density at radius 1 is 1.10 bits per heavy atom. The first-order valence-electron chi connectivity index (χ1n) is 15.9. The summed E-state index contributed by atoms with van der Waals surface area (Å²) in [6.45, 7) is 4.09. The lowest BCUT2D eigenvalue weighted by Crippen LogP contribution is -2.47. The average Bonchev–Trinajstić information content (AvgIpc) is 3.45. The van der Waals surface area contributed by atoms with Crippen molar-refractivity contribution in [1.29, 1.82) is 0 Å². The second kappa shape index (κ2) is 14.2. The zero-order valence-electron chi connectivity index (χ0n) is 27.2. The number of fused-ring (bicyclic) bond motifs is 5. The monoisotopic (exact) mass is 738 g/mol. The number of hydrogen-bond acceptors (Lipinski definition) is 12. The second-order valence-electron chi connectivity index (χ2n) is 11.9. The molecule has 2 aromatic heterocycles. The largest absolute Gasteiger partial charge is 0.463 e. The minimum Gasteiger partial charge on any atom is -0.463 e. The van der Waals surface area contributed by atoms with Gasteiger partial charge < -0.3 is 33.0 Å². The molecule has 3 aromatic rings. The molecule has 0 fully saturated rings. The van der Waals surface area contributed by atoms with Crippen molar-refractivity contribution in [2.24, 2.45) is 0 Å². The van der Waals surface area contributed by atoms with Crippen LogP contribution in [0.15, 0.2) is 47.3 Å². The van der Waals surface area contributed by atoms with Crippen LogP contribution in [-0.2, 0) is 73.0 Å². The number of pyridine rings is 2. The molecule has 0 saturated heterocycles. The molecular formula is C35H35BrN2O11. The number of alkyl halides is 1. The van der Waals surface area contributed by atoms with Gasteiger partial charge in [-0.05, 0) is 42.7 Å². The quantitative estimate of drug-likeness (QED) is 0.0941. The minimum atomic E-state index is -1.77. The van der Waals surface area contributed by atoms with E-state index in [-0.39, 0.29) is 50.3 Å². The molecule has 3 aliphatic heterocycles. The predicted octanol–water partition coefficient (Wildman–Crippen LogP) is 4.10. The van der Waals surface area contributed by atoms with E-state index in [0.29, 0.717) is 34.2 Å². The molecule has 4 atom stereocenters. The van der Waals surface area contributed by atoms with E-state index in [1.165, 1.54) is 13.8 Å². The Kier molecular flexibility index (Phi) is 10.00. The van der Waals surface area contributed by atoms with Crippen LogP contribution >= 0.6 is 15.9 Å². The summed E-state index contributed by atoms with van der Waals surface area (Å²) in [7, 11) is 0. The van der Waals surface area contributed by atoms with Gasteiger partial charge in [-0.25, -0.2) is 9.78 Å². The lowest BCUT2D eigenvalue weighted by atomic mass is 9.85. The first-order valence-corrected chi connectivity index (χ1v) is 17.1. The molecule has 13 nitrogen and oxygen atoms in total. The molecule has 0 spiro atoms. The fourth-order valence-corrected chi connectivity index (χ4v) is 6.69. The van der Waals surface area contributed by atoms with Crippen LogP contribution in [-0.4, -0.2) is 63.9 Å². The zero-order chi connectivity index (χ0) is 34.9. The summed E-state index contributed by atoms with van der Waals surface area (Å²) in [5.74, 6) is -2.31. The number of benzene rings is 1. The molecule has 14 heteroatoms. The molecule has 0 N–H and O–H groups in total. The third-order valence-corrected chi connectivity index (χ3v) is 9.32. The van der Waals surface area contributed by atoms with Crippen LogP contribution in [0.5, 0.6) is 0 Å². The van der Waals surface area contributed by atoms with Gasteiger partial charge >= 0.3 is 23.9 Å². The first-order chi connectivity index (χ1) is 23.6. The average molecular weight is 740 g/mol. The van der Waals surface area contributed by atoms with E-state index in [2.05, 4.69) is 15.9 Å². The van der Waals surface area contributed by atoms with E-state index in [0.717, 1.165) is 16.5 Å². The Balaban J connectivity index is 1.37. The van der Waals surface area contributed by atoms with Gasteiger partial charge in [0.05, 0.1) is 35.6 Å². The van der Waals surface area contributed by atoms with E-state index in [4.69, 9.17) is 33.4 Å². The number of rotatable bonds is 11. The summed E-state index contributed by atoms with van der Waals surface area (Å²) in [5, 5.41) is 1.40. The molecule has 0 aliphatic carbocycles. The summed E-state index contributed by atoms with van der Waals surface area (Å²) >= 11 is 3.31. The van der Waals surface area contributed by atoms with E-state index in [1.807, 2.05) is 24.3 Å². The fourth-order valence-electron chi connectivity index (χ4n) is 6.41. The Morgan fingerprint density at radius 2 is 1.90 bits per heavy atom. The lowest BCUT2D eigenvalue weighted by Gasteiger charge is -2.35. The normalized spacial score (nSPS) is 22.1. The molecule has 1 aromatic carbocycles. The SMILES string of the molecule is CC[C@@]1(OC(=O)CCCBr)C(=O)OCc2c1cc1n(c2=O)Cc2c-1nc1ccccc1c2COC1C=C[C@H](OC(C)=O)[C@@H](COC(C)=O)O1. The van der Waals surface area contributed by atoms with Gasteiger partial charge in [-0.2, -0.15) is 0 Å². The molecule has 258 valence electrons. The molecular weight excluding hydrogens is 704 g/mol. The molecule has 3 aliphatic rings. The maximum Gasteiger partial charge on any atom is 0.355 e. The highest BCUT2D eigenvalue weighted by atomic mass is 79.9. The molecule has 0 radical (unpaired) electrons. The van der Waals surface area contributed by atoms with Crippen LogP contribution in [0.3, 0.4) is 0 Å². The van der Waals surface area contributed by atoms with Gasteiger partial charge in [-0.3, -0.25) is 19.2 Å². The molecule has 6 rings (SSSR count). The molecule has 0 bridgehead atoms. The van der Waals surface area contributed by atoms with Crippen LogP contribution in [0.25, 0.3) is 22.3 Å². The number of halogens is 1. The van der Waals surface area contributed by atoms with Crippen LogP contribution in [0, 0.1) is 0 Å². The standard InChI is InChI=1S/C35H35BrN2O11/c1-4-35(49-30(41)10-7-13-36)25-14-27-32-22(15-38(27)33(42)24(25)17-46-34(35)43)23(21-8-5-6-9-26(21)37-32)16-45-31-12-11-28(47-20(3)40)29(48-31)18-44-19(2)39/h5-6,8-9,11-12,14,28-29,31H,4,7,10,13,15-18H2,1-3H3/t28-,29+,31?,35-/m0/s1. The highest BCUT2D eigenvalue weighted by Gasteiger charge is 2.50. The summed E-state index contributed by atoms with van der Waals surface area (Å²) in [6, 6.07) is 9.22. The van der Waals surface area contributed by atoms with Gasteiger partial charge in [0.1, 0.15) is 25.4 Å². The van der Waals surface area contributed by atoms with E-state index in [9.17, 15) is 24.0 Å². The third-order valence-electron chi connectivity index (χ3n) is 8.76. The van der Waals surface area contributed by atoms with Crippen molar-refractivity contribution in [3.05, 3.63) is 75.1 Å². The molecule has 1 unspecified atom stereocenters. The smallest absolute Gasteiger partial charge is 0.355 e. The highest BCUT2D eigenvalue weighted by Crippen LogP contribution is 2.42. The van der Waals surface area contributed by atoms with Gasteiger partial charge in [0, 0.05) is 42.1 Å². The van der Waals surface area contributed by atoms with E-state index in [1.54, 1.807) is 29.7 Å². The van der Waals surface area contributed by atoms with Crippen molar-refractivity contribution in [1.82, 2.24) is 9.55 Å². The van der Waals surface area contributed by atoms with Crippen LogP contribution in [0.4, 0.5) is 0 Å². The summed E-state index contributed by atoms with van der Waals surface area (Å²) in [5.41, 5.74) is 1.60. The number of hydrogen-bond donors (Lipinski definition) is 0. The zero-order valence-corrected chi connectivity index (χ0v) is 28.8. The summed E-state index contributed by atoms with van der Waals surface area (Å²) < 4.78 is 35.6. The van der Waals surface area contributed by atoms with Gasteiger partial charge in [0.2, 0.25) is 5.60 Å². The molecule has 0 amide bonds. The molecule has 0 saturated carbocycles. The number of para-hydroxylation sites is 1.